The molecule has 1 atom stereocenters. The van der Waals surface area contributed by atoms with Crippen LogP contribution in [0.2, 0.25) is 0 Å². The van der Waals surface area contributed by atoms with Gasteiger partial charge in [0.15, 0.2) is 0 Å². The van der Waals surface area contributed by atoms with Crippen molar-refractivity contribution in [2.24, 2.45) is 0 Å². The van der Waals surface area contributed by atoms with Crippen LogP contribution in [0.15, 0.2) is 78.5 Å². The zero-order valence-corrected chi connectivity index (χ0v) is 14.6. The second kappa shape index (κ2) is 9.87. The van der Waals surface area contributed by atoms with Crippen molar-refractivity contribution in [3.63, 3.8) is 0 Å². The number of carbonyl (C=O) groups excluding carboxylic acids is 2. The Morgan fingerprint density at radius 1 is 1.04 bits per heavy atom. The number of alkyl carbamates (subject to hydrolysis) is 1. The van der Waals surface area contributed by atoms with Gasteiger partial charge in [0.05, 0.1) is 12.6 Å². The fourth-order valence-corrected chi connectivity index (χ4v) is 2.35. The molecule has 0 spiro atoms. The van der Waals surface area contributed by atoms with Crippen LogP contribution < -0.4 is 5.32 Å². The molecule has 0 heterocycles. The molecule has 0 radical (unpaired) electrons. The second-order valence-electron chi connectivity index (χ2n) is 5.36. The fraction of sp³-hybridized carbons (Fsp3) is 0.190. The molecule has 0 aromatic heterocycles. The molecule has 26 heavy (non-hydrogen) atoms. The van der Waals surface area contributed by atoms with Gasteiger partial charge in [-0.3, -0.25) is 0 Å². The Labute approximate surface area is 152 Å². The smallest absolute Gasteiger partial charge is 0.407 e. The summed E-state index contributed by atoms with van der Waals surface area (Å²) in [4.78, 5) is 24.5. The Morgan fingerprint density at radius 2 is 1.65 bits per heavy atom. The molecule has 0 aliphatic carbocycles. The summed E-state index contributed by atoms with van der Waals surface area (Å²) in [5, 5.41) is 2.66. The number of amides is 1. The van der Waals surface area contributed by atoms with Gasteiger partial charge in [0, 0.05) is 0 Å². The molecule has 134 valence electrons. The number of nitrogens with one attached hydrogen (secondary N) is 1. The average molecular weight is 351 g/mol. The van der Waals surface area contributed by atoms with Crippen LogP contribution in [0.4, 0.5) is 4.79 Å². The second-order valence-corrected chi connectivity index (χ2v) is 5.36. The van der Waals surface area contributed by atoms with E-state index in [1.165, 1.54) is 0 Å². The number of rotatable bonds is 7. The van der Waals surface area contributed by atoms with E-state index in [0.717, 1.165) is 5.56 Å². The minimum Gasteiger partial charge on any atom is -0.457 e. The molecule has 2 aromatic carbocycles. The number of esters is 1. The molecular weight excluding hydrogens is 330 g/mol. The lowest BCUT2D eigenvalue weighted by Gasteiger charge is -2.20. The largest absolute Gasteiger partial charge is 0.457 e. The van der Waals surface area contributed by atoms with Crippen LogP contribution >= 0.6 is 0 Å². The number of benzene rings is 2. The number of carbonyl (C=O) groups is 2. The molecular formula is C21H21NO4. The summed E-state index contributed by atoms with van der Waals surface area (Å²) >= 11 is 0. The van der Waals surface area contributed by atoms with E-state index in [-0.39, 0.29) is 18.8 Å². The maximum Gasteiger partial charge on any atom is 0.407 e. The summed E-state index contributed by atoms with van der Waals surface area (Å²) < 4.78 is 10.3. The molecule has 0 unspecified atom stereocenters. The third-order valence-electron chi connectivity index (χ3n) is 3.58. The van der Waals surface area contributed by atoms with Gasteiger partial charge in [-0.15, -0.1) is 5.73 Å². The van der Waals surface area contributed by atoms with Crippen LogP contribution in [-0.4, -0.2) is 18.7 Å². The van der Waals surface area contributed by atoms with E-state index in [0.29, 0.717) is 5.56 Å². The van der Waals surface area contributed by atoms with Gasteiger partial charge in [-0.05, 0) is 18.1 Å². The highest BCUT2D eigenvalue weighted by atomic mass is 16.5. The van der Waals surface area contributed by atoms with Crippen molar-refractivity contribution >= 4 is 12.1 Å². The highest BCUT2D eigenvalue weighted by Crippen LogP contribution is 2.22. The maximum atomic E-state index is 12.5. The predicted octanol–water partition coefficient (Wildman–Crippen LogP) is 3.93. The van der Waals surface area contributed by atoms with Crippen molar-refractivity contribution < 1.29 is 19.1 Å². The Balaban J connectivity index is 2.18. The lowest BCUT2D eigenvalue weighted by molar-refractivity contribution is -0.140. The molecule has 5 nitrogen and oxygen atoms in total. The van der Waals surface area contributed by atoms with E-state index in [1.54, 1.807) is 19.1 Å². The lowest BCUT2D eigenvalue weighted by atomic mass is 9.99. The fourth-order valence-electron chi connectivity index (χ4n) is 2.35. The Bertz CT molecular complexity index is 780. The first-order valence-electron chi connectivity index (χ1n) is 8.25. The third kappa shape index (κ3) is 5.36. The monoisotopic (exact) mass is 351 g/mol. The van der Waals surface area contributed by atoms with Crippen molar-refractivity contribution in [3.8, 4) is 0 Å². The first-order chi connectivity index (χ1) is 12.7. The molecule has 2 aromatic rings. The van der Waals surface area contributed by atoms with Gasteiger partial charge in [0.2, 0.25) is 0 Å². The molecule has 1 N–H and O–H groups in total. The zero-order chi connectivity index (χ0) is 18.8. The predicted molar refractivity (Wildman–Crippen MR) is 98.2 cm³/mol. The van der Waals surface area contributed by atoms with E-state index < -0.39 is 18.1 Å². The summed E-state index contributed by atoms with van der Waals surface area (Å²) in [6.45, 7) is 5.62. The van der Waals surface area contributed by atoms with Gasteiger partial charge < -0.3 is 14.8 Å². The number of hydrogen-bond donors (Lipinski definition) is 1. The Morgan fingerprint density at radius 3 is 2.23 bits per heavy atom. The van der Waals surface area contributed by atoms with Crippen LogP contribution in [-0.2, 0) is 20.9 Å². The molecule has 0 aliphatic heterocycles. The summed E-state index contributed by atoms with van der Waals surface area (Å²) in [6, 6.07) is 17.6. The van der Waals surface area contributed by atoms with Crippen molar-refractivity contribution in [3.05, 3.63) is 89.7 Å². The summed E-state index contributed by atoms with van der Waals surface area (Å²) in [7, 11) is 0. The van der Waals surface area contributed by atoms with Crippen LogP contribution in [0.3, 0.4) is 0 Å². The summed E-state index contributed by atoms with van der Waals surface area (Å²) in [5.41, 5.74) is 4.27. The molecule has 1 amide bonds. The zero-order valence-electron chi connectivity index (χ0n) is 14.6. The highest BCUT2D eigenvalue weighted by molar-refractivity contribution is 5.90. The number of hydrogen-bond acceptors (Lipinski definition) is 4. The molecule has 0 saturated heterocycles. The quantitative estimate of drug-likeness (QED) is 0.466. The summed E-state index contributed by atoms with van der Waals surface area (Å²) in [5.74, 6) is -0.602. The van der Waals surface area contributed by atoms with Gasteiger partial charge in [0.1, 0.15) is 12.2 Å². The molecule has 0 bridgehead atoms. The van der Waals surface area contributed by atoms with Gasteiger partial charge in [-0.25, -0.2) is 9.59 Å². The average Bonchev–Trinajstić information content (AvgIpc) is 2.68. The molecule has 5 heteroatoms. The van der Waals surface area contributed by atoms with Crippen LogP contribution in [0.25, 0.3) is 0 Å². The van der Waals surface area contributed by atoms with E-state index in [1.807, 2.05) is 48.5 Å². The van der Waals surface area contributed by atoms with Crippen LogP contribution in [0.1, 0.15) is 24.1 Å². The lowest BCUT2D eigenvalue weighted by Crippen LogP contribution is -2.32. The molecule has 2 rings (SSSR count). The third-order valence-corrected chi connectivity index (χ3v) is 3.58. The van der Waals surface area contributed by atoms with Crippen molar-refractivity contribution in [1.82, 2.24) is 5.32 Å². The first kappa shape index (κ1) is 19.0. The molecule has 0 saturated carbocycles. The SMILES string of the molecule is C=C=C(C(=O)OCc1ccccc1)[C@H](NC(=O)OCC)c1ccccc1. The van der Waals surface area contributed by atoms with Crippen molar-refractivity contribution in [2.45, 2.75) is 19.6 Å². The highest BCUT2D eigenvalue weighted by Gasteiger charge is 2.26. The summed E-state index contributed by atoms with van der Waals surface area (Å²) in [6.07, 6.45) is -0.634. The van der Waals surface area contributed by atoms with Gasteiger partial charge in [-0.1, -0.05) is 67.2 Å². The van der Waals surface area contributed by atoms with Crippen molar-refractivity contribution in [2.75, 3.05) is 6.61 Å². The minimum absolute atomic E-state index is 0.111. The van der Waals surface area contributed by atoms with E-state index in [4.69, 9.17) is 9.47 Å². The molecule has 0 fully saturated rings. The normalized spacial score (nSPS) is 11.0. The van der Waals surface area contributed by atoms with E-state index in [2.05, 4.69) is 17.6 Å². The van der Waals surface area contributed by atoms with Crippen molar-refractivity contribution in [1.29, 1.82) is 0 Å². The number of ether oxygens (including phenoxy) is 2. The van der Waals surface area contributed by atoms with Crippen LogP contribution in [0.5, 0.6) is 0 Å². The van der Waals surface area contributed by atoms with E-state index in [9.17, 15) is 9.59 Å². The first-order valence-corrected chi connectivity index (χ1v) is 8.25. The van der Waals surface area contributed by atoms with Gasteiger partial charge in [-0.2, -0.15) is 0 Å². The minimum atomic E-state index is -0.768. The van der Waals surface area contributed by atoms with Crippen LogP contribution in [0, 0.1) is 0 Å². The topological polar surface area (TPSA) is 64.6 Å². The standard InChI is InChI=1S/C21H21NO4/c1-3-18(20(23)26-15-16-11-7-5-8-12-16)19(22-21(24)25-4-2)17-13-9-6-10-14-17/h5-14,19H,1,4,15H2,2H3,(H,22,24)/t19-/m1/s1. The van der Waals surface area contributed by atoms with Gasteiger partial charge in [0.25, 0.3) is 0 Å². The Hall–Kier alpha value is -3.30. The van der Waals surface area contributed by atoms with E-state index >= 15 is 0 Å². The van der Waals surface area contributed by atoms with Gasteiger partial charge >= 0.3 is 12.1 Å². The Kier molecular flexibility index (Phi) is 7.22. The molecule has 0 aliphatic rings. The maximum absolute atomic E-state index is 12.5.